The number of benzene rings is 1. The molecule has 1 aromatic carbocycles. The van der Waals surface area contributed by atoms with Crippen molar-refractivity contribution in [2.75, 3.05) is 34.4 Å². The Bertz CT molecular complexity index is 1020. The van der Waals surface area contributed by atoms with E-state index in [-0.39, 0.29) is 11.8 Å². The van der Waals surface area contributed by atoms with Crippen molar-refractivity contribution in [1.82, 2.24) is 19.5 Å². The normalized spacial score (nSPS) is 14.8. The lowest BCUT2D eigenvalue weighted by atomic mass is 9.95. The minimum Gasteiger partial charge on any atom is -0.496 e. The number of hydrogen-bond acceptors (Lipinski definition) is 6. The fourth-order valence-electron chi connectivity index (χ4n) is 3.85. The molecule has 0 radical (unpaired) electrons. The monoisotopic (exact) mass is 396 g/mol. The zero-order valence-electron chi connectivity index (χ0n) is 16.8. The highest BCUT2D eigenvalue weighted by molar-refractivity contribution is 5.98. The van der Waals surface area contributed by atoms with Crippen LogP contribution >= 0.6 is 0 Å². The van der Waals surface area contributed by atoms with Crippen LogP contribution in [-0.4, -0.2) is 59.8 Å². The largest absolute Gasteiger partial charge is 0.496 e. The molecule has 8 heteroatoms. The Hall–Kier alpha value is -3.29. The fraction of sp³-hybridized carbons (Fsp3) is 0.381. The van der Waals surface area contributed by atoms with Crippen LogP contribution in [0.2, 0.25) is 0 Å². The van der Waals surface area contributed by atoms with E-state index in [0.717, 1.165) is 24.3 Å². The quantitative estimate of drug-likeness (QED) is 0.660. The molecule has 0 spiro atoms. The van der Waals surface area contributed by atoms with Gasteiger partial charge < -0.3 is 19.1 Å². The van der Waals surface area contributed by atoms with Crippen LogP contribution in [0.1, 0.15) is 34.9 Å². The van der Waals surface area contributed by atoms with Crippen LogP contribution in [0.5, 0.6) is 17.2 Å². The molecule has 4 rings (SSSR count). The van der Waals surface area contributed by atoms with Crippen LogP contribution in [0.4, 0.5) is 0 Å². The SMILES string of the molecule is COc1cc(OC)c(C(=O)N2CCC(c3nnc4ccccn34)CC2)cc1OC. The molecule has 0 saturated carbocycles. The Morgan fingerprint density at radius 3 is 2.34 bits per heavy atom. The van der Waals surface area contributed by atoms with Gasteiger partial charge in [-0.3, -0.25) is 9.20 Å². The van der Waals surface area contributed by atoms with Crippen LogP contribution in [0.25, 0.3) is 5.65 Å². The number of carbonyl (C=O) groups excluding carboxylic acids is 1. The molecule has 3 aromatic rings. The van der Waals surface area contributed by atoms with E-state index in [0.29, 0.717) is 35.9 Å². The number of ether oxygens (including phenoxy) is 3. The Balaban J connectivity index is 1.52. The van der Waals surface area contributed by atoms with Gasteiger partial charge >= 0.3 is 0 Å². The molecule has 8 nitrogen and oxygen atoms in total. The van der Waals surface area contributed by atoms with Crippen molar-refractivity contribution in [3.05, 3.63) is 47.9 Å². The van der Waals surface area contributed by atoms with E-state index in [1.165, 1.54) is 0 Å². The Kier molecular flexibility index (Phi) is 5.24. The van der Waals surface area contributed by atoms with Crippen LogP contribution in [0, 0.1) is 0 Å². The maximum atomic E-state index is 13.2. The highest BCUT2D eigenvalue weighted by atomic mass is 16.5. The average molecular weight is 396 g/mol. The molecule has 1 amide bonds. The van der Waals surface area contributed by atoms with Gasteiger partial charge in [0.2, 0.25) is 0 Å². The molecule has 152 valence electrons. The zero-order chi connectivity index (χ0) is 20.4. The topological polar surface area (TPSA) is 78.2 Å². The number of piperidine rings is 1. The van der Waals surface area contributed by atoms with Gasteiger partial charge in [-0.2, -0.15) is 0 Å². The standard InChI is InChI=1S/C21H24N4O4/c1-27-16-13-18(29-3)17(28-2)12-15(16)21(26)24-10-7-14(8-11-24)20-23-22-19-6-4-5-9-25(19)20/h4-6,9,12-14H,7-8,10-11H2,1-3H3. The third-order valence-corrected chi connectivity index (χ3v) is 5.42. The second-order valence-corrected chi connectivity index (χ2v) is 6.96. The summed E-state index contributed by atoms with van der Waals surface area (Å²) in [6.07, 6.45) is 3.64. The molecule has 1 aliphatic rings. The lowest BCUT2D eigenvalue weighted by Gasteiger charge is -2.31. The van der Waals surface area contributed by atoms with Crippen molar-refractivity contribution in [2.24, 2.45) is 0 Å². The summed E-state index contributed by atoms with van der Waals surface area (Å²) in [6.45, 7) is 1.28. The van der Waals surface area contributed by atoms with Crippen LogP contribution in [0.3, 0.4) is 0 Å². The molecule has 3 heterocycles. The minimum absolute atomic E-state index is 0.0765. The molecule has 29 heavy (non-hydrogen) atoms. The summed E-state index contributed by atoms with van der Waals surface area (Å²) in [6, 6.07) is 9.23. The summed E-state index contributed by atoms with van der Waals surface area (Å²) in [7, 11) is 4.64. The summed E-state index contributed by atoms with van der Waals surface area (Å²) >= 11 is 0. The molecule has 1 saturated heterocycles. The van der Waals surface area contributed by atoms with Gasteiger partial charge in [-0.1, -0.05) is 6.07 Å². The van der Waals surface area contributed by atoms with Gasteiger partial charge in [0.25, 0.3) is 5.91 Å². The van der Waals surface area contributed by atoms with Crippen molar-refractivity contribution in [2.45, 2.75) is 18.8 Å². The highest BCUT2D eigenvalue weighted by Crippen LogP contribution is 2.36. The van der Waals surface area contributed by atoms with Crippen LogP contribution in [-0.2, 0) is 0 Å². The number of methoxy groups -OCH3 is 3. The Morgan fingerprint density at radius 1 is 0.966 bits per heavy atom. The first kappa shape index (κ1) is 19.0. The predicted octanol–water partition coefficient (Wildman–Crippen LogP) is 2.77. The van der Waals surface area contributed by atoms with Crippen molar-refractivity contribution in [3.63, 3.8) is 0 Å². The van der Waals surface area contributed by atoms with E-state index in [9.17, 15) is 4.79 Å². The first-order chi connectivity index (χ1) is 14.2. The maximum Gasteiger partial charge on any atom is 0.257 e. The van der Waals surface area contributed by atoms with Crippen molar-refractivity contribution < 1.29 is 19.0 Å². The van der Waals surface area contributed by atoms with Gasteiger partial charge in [-0.15, -0.1) is 10.2 Å². The van der Waals surface area contributed by atoms with Gasteiger partial charge in [-0.25, -0.2) is 0 Å². The number of amides is 1. The number of aromatic nitrogens is 3. The van der Waals surface area contributed by atoms with E-state index in [1.807, 2.05) is 33.7 Å². The number of likely N-dealkylation sites (tertiary alicyclic amines) is 1. The molecule has 1 aliphatic heterocycles. The molecular weight excluding hydrogens is 372 g/mol. The van der Waals surface area contributed by atoms with Crippen molar-refractivity contribution in [1.29, 1.82) is 0 Å². The summed E-state index contributed by atoms with van der Waals surface area (Å²) in [5, 5.41) is 8.62. The summed E-state index contributed by atoms with van der Waals surface area (Å²) < 4.78 is 18.1. The van der Waals surface area contributed by atoms with Gasteiger partial charge in [0, 0.05) is 37.3 Å². The maximum absolute atomic E-state index is 13.2. The number of fused-ring (bicyclic) bond motifs is 1. The molecule has 1 fully saturated rings. The van der Waals surface area contributed by atoms with Crippen molar-refractivity contribution >= 4 is 11.6 Å². The second kappa shape index (κ2) is 7.98. The average Bonchev–Trinajstić information content (AvgIpc) is 3.22. The van der Waals surface area contributed by atoms with Crippen molar-refractivity contribution in [3.8, 4) is 17.2 Å². The minimum atomic E-state index is -0.0765. The van der Waals surface area contributed by atoms with E-state index in [4.69, 9.17) is 14.2 Å². The molecule has 0 aliphatic carbocycles. The zero-order valence-corrected chi connectivity index (χ0v) is 16.8. The first-order valence-electron chi connectivity index (χ1n) is 9.55. The number of pyridine rings is 1. The van der Waals surface area contributed by atoms with Gasteiger partial charge in [0.15, 0.2) is 17.1 Å². The fourth-order valence-corrected chi connectivity index (χ4v) is 3.85. The molecule has 0 bridgehead atoms. The number of hydrogen-bond donors (Lipinski definition) is 0. The molecule has 0 N–H and O–H groups in total. The third kappa shape index (κ3) is 3.46. The van der Waals surface area contributed by atoms with E-state index < -0.39 is 0 Å². The Labute approximate surface area is 169 Å². The molecular formula is C21H24N4O4. The highest BCUT2D eigenvalue weighted by Gasteiger charge is 2.29. The first-order valence-corrected chi connectivity index (χ1v) is 9.55. The lowest BCUT2D eigenvalue weighted by molar-refractivity contribution is 0.0707. The molecule has 0 unspecified atom stereocenters. The summed E-state index contributed by atoms with van der Waals surface area (Å²) in [4.78, 5) is 15.0. The molecule has 0 atom stereocenters. The van der Waals surface area contributed by atoms with E-state index in [1.54, 1.807) is 33.5 Å². The summed E-state index contributed by atoms with van der Waals surface area (Å²) in [5.41, 5.74) is 1.31. The van der Waals surface area contributed by atoms with Crippen LogP contribution in [0.15, 0.2) is 36.5 Å². The van der Waals surface area contributed by atoms with Gasteiger partial charge in [-0.05, 0) is 25.0 Å². The number of nitrogens with zero attached hydrogens (tertiary/aromatic N) is 4. The van der Waals surface area contributed by atoms with E-state index in [2.05, 4.69) is 10.2 Å². The third-order valence-electron chi connectivity index (χ3n) is 5.42. The Morgan fingerprint density at radius 2 is 1.66 bits per heavy atom. The van der Waals surface area contributed by atoms with Crippen LogP contribution < -0.4 is 14.2 Å². The predicted molar refractivity (Wildman–Crippen MR) is 107 cm³/mol. The lowest BCUT2D eigenvalue weighted by Crippen LogP contribution is -2.38. The van der Waals surface area contributed by atoms with Gasteiger partial charge in [0.1, 0.15) is 11.6 Å². The smallest absolute Gasteiger partial charge is 0.257 e. The second-order valence-electron chi connectivity index (χ2n) is 6.96. The number of carbonyl (C=O) groups is 1. The molecule has 2 aromatic heterocycles. The summed E-state index contributed by atoms with van der Waals surface area (Å²) in [5.74, 6) is 2.64. The number of rotatable bonds is 5. The van der Waals surface area contributed by atoms with Gasteiger partial charge in [0.05, 0.1) is 26.9 Å². The van der Waals surface area contributed by atoms with E-state index >= 15 is 0 Å².